The summed E-state index contributed by atoms with van der Waals surface area (Å²) in [5.41, 5.74) is 9.76. The molecule has 21 heavy (non-hydrogen) atoms. The van der Waals surface area contributed by atoms with Gasteiger partial charge in [-0.15, -0.1) is 0 Å². The zero-order valence-corrected chi connectivity index (χ0v) is 13.6. The lowest BCUT2D eigenvalue weighted by molar-refractivity contribution is 0.496. The number of hydrogen-bond acceptors (Lipinski definition) is 2. The first kappa shape index (κ1) is 15.8. The lowest BCUT2D eigenvalue weighted by Crippen LogP contribution is -2.14. The minimum atomic E-state index is -0.0148. The highest BCUT2D eigenvalue weighted by molar-refractivity contribution is 5.58. The van der Waals surface area contributed by atoms with Crippen molar-refractivity contribution in [1.29, 1.82) is 0 Å². The Morgan fingerprint density at radius 2 is 1.71 bits per heavy atom. The molecule has 1 aromatic heterocycles. The smallest absolute Gasteiger partial charge is 0.123 e. The standard InChI is InChI=1S/C18H27N3/c1-12(2)9-14-5-7-15(8-6-14)17-11-20-18(21-17)16(19)10-13(3)4/h5-8,11-13,16H,9-10,19H2,1-4H3,(H,20,21). The van der Waals surface area contributed by atoms with Gasteiger partial charge in [-0.1, -0.05) is 52.0 Å². The van der Waals surface area contributed by atoms with Crippen molar-refractivity contribution in [3.63, 3.8) is 0 Å². The van der Waals surface area contributed by atoms with Crippen molar-refractivity contribution in [1.82, 2.24) is 9.97 Å². The van der Waals surface area contributed by atoms with Crippen LogP contribution in [0.4, 0.5) is 0 Å². The van der Waals surface area contributed by atoms with E-state index in [-0.39, 0.29) is 6.04 Å². The molecular weight excluding hydrogens is 258 g/mol. The number of aromatic amines is 1. The molecule has 3 heteroatoms. The number of aromatic nitrogens is 2. The van der Waals surface area contributed by atoms with Crippen molar-refractivity contribution >= 4 is 0 Å². The molecule has 0 spiro atoms. The summed E-state index contributed by atoms with van der Waals surface area (Å²) in [6, 6.07) is 8.69. The third-order valence-electron chi connectivity index (χ3n) is 3.58. The zero-order valence-electron chi connectivity index (χ0n) is 13.6. The van der Waals surface area contributed by atoms with Crippen LogP contribution in [0.3, 0.4) is 0 Å². The minimum absolute atomic E-state index is 0.0148. The highest BCUT2D eigenvalue weighted by Gasteiger charge is 2.12. The fourth-order valence-electron chi connectivity index (χ4n) is 2.58. The summed E-state index contributed by atoms with van der Waals surface area (Å²) in [6.07, 6.45) is 3.95. The Balaban J connectivity index is 2.10. The van der Waals surface area contributed by atoms with Crippen LogP contribution >= 0.6 is 0 Å². The SMILES string of the molecule is CC(C)Cc1ccc(-c2cnc(C(N)CC(C)C)[nH]2)cc1. The molecule has 0 aliphatic carbocycles. The van der Waals surface area contributed by atoms with Crippen LogP contribution in [0.2, 0.25) is 0 Å². The molecule has 3 N–H and O–H groups in total. The summed E-state index contributed by atoms with van der Waals surface area (Å²) in [4.78, 5) is 7.79. The predicted molar refractivity (Wildman–Crippen MR) is 88.9 cm³/mol. The monoisotopic (exact) mass is 285 g/mol. The molecule has 1 unspecified atom stereocenters. The Bertz CT molecular complexity index is 552. The fraction of sp³-hybridized carbons (Fsp3) is 0.500. The van der Waals surface area contributed by atoms with E-state index >= 15 is 0 Å². The second-order valence-electron chi connectivity index (χ2n) is 6.71. The Morgan fingerprint density at radius 3 is 2.29 bits per heavy atom. The fourth-order valence-corrected chi connectivity index (χ4v) is 2.58. The summed E-state index contributed by atoms with van der Waals surface area (Å²) < 4.78 is 0. The molecule has 114 valence electrons. The molecule has 0 fully saturated rings. The Kier molecular flexibility index (Phi) is 5.18. The van der Waals surface area contributed by atoms with Crippen molar-refractivity contribution in [3.05, 3.63) is 41.9 Å². The molecule has 2 rings (SSSR count). The van der Waals surface area contributed by atoms with Gasteiger partial charge in [0.2, 0.25) is 0 Å². The van der Waals surface area contributed by atoms with E-state index in [1.54, 1.807) is 0 Å². The van der Waals surface area contributed by atoms with Crippen molar-refractivity contribution in [2.75, 3.05) is 0 Å². The van der Waals surface area contributed by atoms with Gasteiger partial charge < -0.3 is 10.7 Å². The predicted octanol–water partition coefficient (Wildman–Crippen LogP) is 4.32. The second-order valence-corrected chi connectivity index (χ2v) is 6.71. The van der Waals surface area contributed by atoms with E-state index in [1.165, 1.54) is 5.56 Å². The van der Waals surface area contributed by atoms with Gasteiger partial charge in [0.15, 0.2) is 0 Å². The summed E-state index contributed by atoms with van der Waals surface area (Å²) in [7, 11) is 0. The van der Waals surface area contributed by atoms with Crippen molar-refractivity contribution in [3.8, 4) is 11.3 Å². The number of nitrogens with two attached hydrogens (primary N) is 1. The molecule has 3 nitrogen and oxygen atoms in total. The molecular formula is C18H27N3. The van der Waals surface area contributed by atoms with Gasteiger partial charge in [0.05, 0.1) is 17.9 Å². The second kappa shape index (κ2) is 6.90. The molecule has 1 atom stereocenters. The van der Waals surface area contributed by atoms with Crippen LogP contribution in [0.25, 0.3) is 11.3 Å². The van der Waals surface area contributed by atoms with Crippen LogP contribution in [0.15, 0.2) is 30.5 Å². The highest BCUT2D eigenvalue weighted by atomic mass is 15.0. The van der Waals surface area contributed by atoms with Gasteiger partial charge in [-0.25, -0.2) is 4.98 Å². The summed E-state index contributed by atoms with van der Waals surface area (Å²) in [6.45, 7) is 8.84. The van der Waals surface area contributed by atoms with E-state index in [4.69, 9.17) is 5.73 Å². The molecule has 0 radical (unpaired) electrons. The normalized spacial score (nSPS) is 13.1. The largest absolute Gasteiger partial charge is 0.341 e. The Hall–Kier alpha value is -1.61. The topological polar surface area (TPSA) is 54.7 Å². The molecule has 0 saturated heterocycles. The Labute approximate surface area is 128 Å². The third kappa shape index (κ3) is 4.43. The third-order valence-corrected chi connectivity index (χ3v) is 3.58. The number of nitrogens with one attached hydrogen (secondary N) is 1. The summed E-state index contributed by atoms with van der Waals surface area (Å²) in [5, 5.41) is 0. The average molecular weight is 285 g/mol. The van der Waals surface area contributed by atoms with Gasteiger partial charge in [-0.3, -0.25) is 0 Å². The number of H-pyrrole nitrogens is 1. The van der Waals surface area contributed by atoms with Gasteiger partial charge in [0, 0.05) is 0 Å². The van der Waals surface area contributed by atoms with Crippen LogP contribution in [0.1, 0.15) is 51.5 Å². The maximum atomic E-state index is 6.17. The van der Waals surface area contributed by atoms with Crippen molar-refractivity contribution < 1.29 is 0 Å². The van der Waals surface area contributed by atoms with E-state index in [2.05, 4.69) is 61.9 Å². The quantitative estimate of drug-likeness (QED) is 0.830. The zero-order chi connectivity index (χ0) is 15.4. The molecule has 0 aliphatic rings. The van der Waals surface area contributed by atoms with Gasteiger partial charge in [0.25, 0.3) is 0 Å². The first-order valence-electron chi connectivity index (χ1n) is 7.85. The van der Waals surface area contributed by atoms with Crippen molar-refractivity contribution in [2.45, 2.75) is 46.6 Å². The number of hydrogen-bond donors (Lipinski definition) is 2. The van der Waals surface area contributed by atoms with Crippen molar-refractivity contribution in [2.24, 2.45) is 17.6 Å². The van der Waals surface area contributed by atoms with E-state index in [0.717, 1.165) is 29.9 Å². The van der Waals surface area contributed by atoms with Gasteiger partial charge in [-0.2, -0.15) is 0 Å². The summed E-state index contributed by atoms with van der Waals surface area (Å²) in [5.74, 6) is 2.14. The van der Waals surface area contributed by atoms with Gasteiger partial charge in [-0.05, 0) is 35.8 Å². The van der Waals surface area contributed by atoms with Crippen LogP contribution in [-0.4, -0.2) is 9.97 Å². The highest BCUT2D eigenvalue weighted by Crippen LogP contribution is 2.22. The van der Waals surface area contributed by atoms with E-state index in [9.17, 15) is 0 Å². The molecule has 0 bridgehead atoms. The van der Waals surface area contributed by atoms with Gasteiger partial charge in [0.1, 0.15) is 5.82 Å². The minimum Gasteiger partial charge on any atom is -0.341 e. The number of benzene rings is 1. The molecule has 2 aromatic rings. The lowest BCUT2D eigenvalue weighted by atomic mass is 10.0. The molecule has 1 aromatic carbocycles. The molecule has 0 saturated carbocycles. The first-order chi connectivity index (χ1) is 9.95. The number of imidazole rings is 1. The van der Waals surface area contributed by atoms with E-state index in [0.29, 0.717) is 11.8 Å². The maximum Gasteiger partial charge on any atom is 0.123 e. The van der Waals surface area contributed by atoms with Crippen LogP contribution < -0.4 is 5.73 Å². The Morgan fingerprint density at radius 1 is 1.05 bits per heavy atom. The number of rotatable bonds is 6. The van der Waals surface area contributed by atoms with Crippen LogP contribution in [0.5, 0.6) is 0 Å². The molecule has 0 aliphatic heterocycles. The van der Waals surface area contributed by atoms with Crippen LogP contribution in [0, 0.1) is 11.8 Å². The average Bonchev–Trinajstić information content (AvgIpc) is 2.87. The van der Waals surface area contributed by atoms with E-state index < -0.39 is 0 Å². The molecule has 0 amide bonds. The number of nitrogens with zero attached hydrogens (tertiary/aromatic N) is 1. The van der Waals surface area contributed by atoms with Gasteiger partial charge >= 0.3 is 0 Å². The molecule has 1 heterocycles. The summed E-state index contributed by atoms with van der Waals surface area (Å²) >= 11 is 0. The maximum absolute atomic E-state index is 6.17. The first-order valence-corrected chi connectivity index (χ1v) is 7.85. The lowest BCUT2D eigenvalue weighted by Gasteiger charge is -2.11. The van der Waals surface area contributed by atoms with E-state index in [1.807, 2.05) is 6.20 Å². The van der Waals surface area contributed by atoms with Crippen LogP contribution in [-0.2, 0) is 6.42 Å².